The third kappa shape index (κ3) is 4.08. The Bertz CT molecular complexity index is 831. The first-order valence-corrected chi connectivity index (χ1v) is 9.03. The van der Waals surface area contributed by atoms with Crippen LogP contribution in [0.4, 0.5) is 5.82 Å². The summed E-state index contributed by atoms with van der Waals surface area (Å²) in [6, 6.07) is 14.0. The molecule has 6 heteroatoms. The lowest BCUT2D eigenvalue weighted by Crippen LogP contribution is -2.23. The molecule has 0 aliphatic carbocycles. The van der Waals surface area contributed by atoms with Crippen molar-refractivity contribution >= 4 is 5.82 Å². The van der Waals surface area contributed by atoms with Gasteiger partial charge in [0.15, 0.2) is 0 Å². The van der Waals surface area contributed by atoms with Crippen LogP contribution < -0.4 is 5.32 Å². The first kappa shape index (κ1) is 16.7. The maximum Gasteiger partial charge on any atom is 0.241 e. The zero-order valence-corrected chi connectivity index (χ0v) is 14.9. The minimum absolute atomic E-state index is 0.606. The predicted octanol–water partition coefficient (Wildman–Crippen LogP) is 3.37. The lowest BCUT2D eigenvalue weighted by atomic mass is 10.1. The number of likely N-dealkylation sites (tertiary alicyclic amines) is 1. The zero-order chi connectivity index (χ0) is 17.8. The SMILES string of the molecule is Cc1ccc(NCC2CCN(Cc3nc(-c4ccccc4)no3)C2)nc1. The second-order valence-electron chi connectivity index (χ2n) is 6.87. The van der Waals surface area contributed by atoms with Gasteiger partial charge in [-0.15, -0.1) is 0 Å². The largest absolute Gasteiger partial charge is 0.370 e. The highest BCUT2D eigenvalue weighted by atomic mass is 16.5. The van der Waals surface area contributed by atoms with Crippen LogP contribution in [0.25, 0.3) is 11.4 Å². The second kappa shape index (κ2) is 7.66. The van der Waals surface area contributed by atoms with E-state index < -0.39 is 0 Å². The minimum Gasteiger partial charge on any atom is -0.370 e. The molecule has 1 N–H and O–H groups in total. The van der Waals surface area contributed by atoms with Crippen molar-refractivity contribution in [1.82, 2.24) is 20.0 Å². The number of hydrogen-bond donors (Lipinski definition) is 1. The molecule has 0 spiro atoms. The summed E-state index contributed by atoms with van der Waals surface area (Å²) < 4.78 is 5.43. The Kier molecular flexibility index (Phi) is 4.93. The van der Waals surface area contributed by atoms with Crippen molar-refractivity contribution in [1.29, 1.82) is 0 Å². The van der Waals surface area contributed by atoms with Gasteiger partial charge in [0, 0.05) is 24.8 Å². The molecule has 3 heterocycles. The van der Waals surface area contributed by atoms with Crippen LogP contribution >= 0.6 is 0 Å². The summed E-state index contributed by atoms with van der Waals surface area (Å²) in [5, 5.41) is 7.53. The number of aryl methyl sites for hydroxylation is 1. The average molecular weight is 349 g/mol. The molecule has 1 aliphatic rings. The Labute approximate surface area is 153 Å². The predicted molar refractivity (Wildman–Crippen MR) is 101 cm³/mol. The van der Waals surface area contributed by atoms with Gasteiger partial charge >= 0.3 is 0 Å². The monoisotopic (exact) mass is 349 g/mol. The smallest absolute Gasteiger partial charge is 0.241 e. The normalized spacial score (nSPS) is 17.5. The number of benzene rings is 1. The van der Waals surface area contributed by atoms with Crippen LogP contribution in [0.15, 0.2) is 53.2 Å². The highest BCUT2D eigenvalue weighted by Crippen LogP contribution is 2.20. The highest BCUT2D eigenvalue weighted by molar-refractivity contribution is 5.53. The number of rotatable bonds is 6. The fourth-order valence-corrected chi connectivity index (χ4v) is 3.26. The van der Waals surface area contributed by atoms with Gasteiger partial charge in [-0.25, -0.2) is 4.98 Å². The van der Waals surface area contributed by atoms with Gasteiger partial charge in [-0.2, -0.15) is 4.98 Å². The molecule has 0 bridgehead atoms. The number of anilines is 1. The van der Waals surface area contributed by atoms with Gasteiger partial charge in [-0.1, -0.05) is 41.6 Å². The molecule has 1 fully saturated rings. The fourth-order valence-electron chi connectivity index (χ4n) is 3.26. The summed E-state index contributed by atoms with van der Waals surface area (Å²) in [5.41, 5.74) is 2.16. The van der Waals surface area contributed by atoms with Crippen LogP contribution in [0.5, 0.6) is 0 Å². The Balaban J connectivity index is 1.28. The van der Waals surface area contributed by atoms with Gasteiger partial charge < -0.3 is 9.84 Å². The Hall–Kier alpha value is -2.73. The van der Waals surface area contributed by atoms with E-state index in [1.165, 1.54) is 12.0 Å². The topological polar surface area (TPSA) is 67.1 Å². The molecule has 1 unspecified atom stereocenters. The number of aromatic nitrogens is 3. The molecular formula is C20H23N5O. The third-order valence-electron chi connectivity index (χ3n) is 4.71. The maximum absolute atomic E-state index is 5.43. The lowest BCUT2D eigenvalue weighted by Gasteiger charge is -2.14. The van der Waals surface area contributed by atoms with Crippen molar-refractivity contribution in [3.8, 4) is 11.4 Å². The first-order valence-electron chi connectivity index (χ1n) is 9.03. The molecule has 4 rings (SSSR count). The highest BCUT2D eigenvalue weighted by Gasteiger charge is 2.24. The van der Waals surface area contributed by atoms with Crippen LogP contribution in [0.2, 0.25) is 0 Å². The second-order valence-corrected chi connectivity index (χ2v) is 6.87. The average Bonchev–Trinajstić information content (AvgIpc) is 3.32. The van der Waals surface area contributed by atoms with Gasteiger partial charge in [0.1, 0.15) is 5.82 Å². The van der Waals surface area contributed by atoms with Crippen molar-refractivity contribution < 1.29 is 4.52 Å². The lowest BCUT2D eigenvalue weighted by molar-refractivity contribution is 0.261. The van der Waals surface area contributed by atoms with Gasteiger partial charge in [0.25, 0.3) is 0 Å². The standard InChI is InChI=1S/C20H23N5O/c1-15-7-8-18(21-11-15)22-12-16-9-10-25(13-16)14-19-23-20(24-26-19)17-5-3-2-4-6-17/h2-8,11,16H,9-10,12-14H2,1H3,(H,21,22). The van der Waals surface area contributed by atoms with E-state index in [1.807, 2.05) is 49.5 Å². The maximum atomic E-state index is 5.43. The molecule has 0 saturated carbocycles. The van der Waals surface area contributed by atoms with E-state index in [-0.39, 0.29) is 0 Å². The van der Waals surface area contributed by atoms with Crippen LogP contribution in [0, 0.1) is 12.8 Å². The van der Waals surface area contributed by atoms with E-state index in [9.17, 15) is 0 Å². The number of hydrogen-bond acceptors (Lipinski definition) is 6. The molecule has 0 amide bonds. The van der Waals surface area contributed by atoms with Crippen LogP contribution in [0.1, 0.15) is 17.9 Å². The minimum atomic E-state index is 0.606. The molecule has 6 nitrogen and oxygen atoms in total. The zero-order valence-electron chi connectivity index (χ0n) is 14.9. The van der Waals surface area contributed by atoms with Crippen molar-refractivity contribution in [2.45, 2.75) is 19.9 Å². The Morgan fingerprint density at radius 1 is 1.19 bits per heavy atom. The summed E-state index contributed by atoms with van der Waals surface area (Å²) in [6.45, 7) is 5.77. The molecule has 1 saturated heterocycles. The third-order valence-corrected chi connectivity index (χ3v) is 4.71. The van der Waals surface area contributed by atoms with Crippen LogP contribution in [0.3, 0.4) is 0 Å². The van der Waals surface area contributed by atoms with Gasteiger partial charge in [-0.3, -0.25) is 4.90 Å². The molecular weight excluding hydrogens is 326 g/mol. The molecule has 2 aromatic heterocycles. The summed E-state index contributed by atoms with van der Waals surface area (Å²) in [6.07, 6.45) is 3.06. The van der Waals surface area contributed by atoms with Crippen molar-refractivity contribution in [3.05, 3.63) is 60.1 Å². The van der Waals surface area contributed by atoms with E-state index in [2.05, 4.69) is 31.4 Å². The molecule has 3 aromatic rings. The Morgan fingerprint density at radius 2 is 2.08 bits per heavy atom. The van der Waals surface area contributed by atoms with E-state index >= 15 is 0 Å². The Morgan fingerprint density at radius 3 is 2.88 bits per heavy atom. The van der Waals surface area contributed by atoms with Gasteiger partial charge in [0.05, 0.1) is 6.54 Å². The summed E-state index contributed by atoms with van der Waals surface area (Å²) >= 11 is 0. The van der Waals surface area contributed by atoms with E-state index in [1.54, 1.807) is 0 Å². The fraction of sp³-hybridized carbons (Fsp3) is 0.350. The first-order chi connectivity index (χ1) is 12.8. The van der Waals surface area contributed by atoms with Gasteiger partial charge in [-0.05, 0) is 37.4 Å². The van der Waals surface area contributed by atoms with Gasteiger partial charge in [0.2, 0.25) is 11.7 Å². The molecule has 1 atom stereocenters. The quantitative estimate of drug-likeness (QED) is 0.736. The van der Waals surface area contributed by atoms with Crippen molar-refractivity contribution in [2.75, 3.05) is 25.0 Å². The molecule has 1 aromatic carbocycles. The molecule has 134 valence electrons. The molecule has 0 radical (unpaired) electrons. The van der Waals surface area contributed by atoms with E-state index in [0.717, 1.165) is 31.0 Å². The number of nitrogens with zero attached hydrogens (tertiary/aromatic N) is 4. The number of nitrogens with one attached hydrogen (secondary N) is 1. The summed E-state index contributed by atoms with van der Waals surface area (Å²) in [7, 11) is 0. The van der Waals surface area contributed by atoms with Crippen LogP contribution in [-0.4, -0.2) is 39.7 Å². The van der Waals surface area contributed by atoms with Crippen molar-refractivity contribution in [3.63, 3.8) is 0 Å². The van der Waals surface area contributed by atoms with E-state index in [4.69, 9.17) is 4.52 Å². The number of pyridine rings is 1. The summed E-state index contributed by atoms with van der Waals surface area (Å²) in [4.78, 5) is 11.3. The van der Waals surface area contributed by atoms with Crippen LogP contribution in [-0.2, 0) is 6.54 Å². The van der Waals surface area contributed by atoms with Crippen molar-refractivity contribution in [2.24, 2.45) is 5.92 Å². The summed E-state index contributed by atoms with van der Waals surface area (Å²) in [5.74, 6) is 2.88. The molecule has 1 aliphatic heterocycles. The van der Waals surface area contributed by atoms with E-state index in [0.29, 0.717) is 24.2 Å². The molecule has 26 heavy (non-hydrogen) atoms.